The van der Waals surface area contributed by atoms with Crippen molar-refractivity contribution in [2.75, 3.05) is 28.3 Å². The summed E-state index contributed by atoms with van der Waals surface area (Å²) in [5.41, 5.74) is 1.62. The second kappa shape index (κ2) is 8.25. The van der Waals surface area contributed by atoms with Gasteiger partial charge in [-0.2, -0.15) is 0 Å². The second-order valence-electron chi connectivity index (χ2n) is 9.68. The van der Waals surface area contributed by atoms with Crippen LogP contribution in [0.1, 0.15) is 18.4 Å². The van der Waals surface area contributed by atoms with Crippen molar-refractivity contribution in [1.82, 2.24) is 9.80 Å². The molecule has 6 unspecified atom stereocenters. The largest absolute Gasteiger partial charge is 0.502 e. The van der Waals surface area contributed by atoms with Crippen LogP contribution in [0.4, 0.5) is 0 Å². The molecule has 2 heterocycles. The Labute approximate surface area is 203 Å². The number of imide groups is 2. The van der Waals surface area contributed by atoms with Crippen LogP contribution in [-0.2, 0) is 19.2 Å². The Balaban J connectivity index is 1.58. The van der Waals surface area contributed by atoms with Crippen molar-refractivity contribution in [3.05, 3.63) is 35.4 Å². The normalized spacial score (nSPS) is 32.1. The first kappa shape index (κ1) is 23.1. The molecule has 1 saturated carbocycles. The summed E-state index contributed by atoms with van der Waals surface area (Å²) < 4.78 is 10.5. The van der Waals surface area contributed by atoms with E-state index in [4.69, 9.17) is 9.47 Å². The van der Waals surface area contributed by atoms with Gasteiger partial charge in [-0.15, -0.1) is 0 Å². The van der Waals surface area contributed by atoms with Gasteiger partial charge in [0.15, 0.2) is 11.5 Å². The number of carbonyl (C=O) groups excluding carboxylic acids is 4. The van der Waals surface area contributed by atoms with E-state index in [2.05, 4.69) is 0 Å². The van der Waals surface area contributed by atoms with Gasteiger partial charge in [0.2, 0.25) is 29.4 Å². The van der Waals surface area contributed by atoms with Gasteiger partial charge in [0.1, 0.15) is 0 Å². The van der Waals surface area contributed by atoms with E-state index in [1.54, 1.807) is 12.1 Å². The molecule has 0 spiro atoms. The third-order valence-electron chi connectivity index (χ3n) is 8.14. The molecule has 2 saturated heterocycles. The van der Waals surface area contributed by atoms with Gasteiger partial charge in [0.05, 0.1) is 37.9 Å². The number of phenols is 1. The van der Waals surface area contributed by atoms with E-state index < -0.39 is 29.6 Å². The number of aromatic hydroxyl groups is 1. The van der Waals surface area contributed by atoms with E-state index in [1.807, 2.05) is 18.2 Å². The Morgan fingerprint density at radius 2 is 1.43 bits per heavy atom. The number of allylic oxidation sites excluding steroid dienone is 3. The number of hydrogen-bond acceptors (Lipinski definition) is 7. The number of methoxy groups -OCH3 is 2. The van der Waals surface area contributed by atoms with Crippen molar-refractivity contribution in [3.8, 4) is 17.2 Å². The fourth-order valence-electron chi connectivity index (χ4n) is 6.39. The summed E-state index contributed by atoms with van der Waals surface area (Å²) in [6, 6.07) is 3.30. The highest BCUT2D eigenvalue weighted by atomic mass is 16.5. The summed E-state index contributed by atoms with van der Waals surface area (Å²) in [7, 11) is 5.89. The molecule has 1 aromatic carbocycles. The number of ether oxygens (including phenoxy) is 2. The van der Waals surface area contributed by atoms with Gasteiger partial charge in [-0.1, -0.05) is 23.8 Å². The molecule has 9 nitrogen and oxygen atoms in total. The maximum Gasteiger partial charge on any atom is 0.233 e. The second-order valence-corrected chi connectivity index (χ2v) is 9.68. The standard InChI is InChI=1S/C26H28N2O7/c1-27-23(30)15-8-7-13-14(6-5-12-9-18(34-3)22(29)19(10-12)35-4)20-17(24(31)28(2)25(20)32)11-16(13)21(15)26(27)33/h5-7,9-10,14-17,20-21,29H,8,11H2,1-4H3. The summed E-state index contributed by atoms with van der Waals surface area (Å²) in [5, 5.41) is 10.2. The number of likely N-dealkylation sites (tertiary alicyclic amines) is 2. The molecule has 4 aliphatic rings. The quantitative estimate of drug-likeness (QED) is 0.517. The minimum Gasteiger partial charge on any atom is -0.502 e. The van der Waals surface area contributed by atoms with Gasteiger partial charge < -0.3 is 14.6 Å². The molecule has 35 heavy (non-hydrogen) atoms. The fraction of sp³-hybridized carbons (Fsp3) is 0.462. The van der Waals surface area contributed by atoms with Gasteiger partial charge >= 0.3 is 0 Å². The lowest BCUT2D eigenvalue weighted by atomic mass is 9.58. The Morgan fingerprint density at radius 3 is 2.03 bits per heavy atom. The van der Waals surface area contributed by atoms with Crippen LogP contribution in [0.3, 0.4) is 0 Å². The van der Waals surface area contributed by atoms with E-state index in [0.717, 1.165) is 5.57 Å². The Bertz CT molecular complexity index is 1180. The number of amides is 4. The molecule has 1 N–H and O–H groups in total. The van der Waals surface area contributed by atoms with Crippen molar-refractivity contribution >= 4 is 29.7 Å². The van der Waals surface area contributed by atoms with E-state index in [-0.39, 0.29) is 46.8 Å². The average Bonchev–Trinajstić information content (AvgIpc) is 3.22. The van der Waals surface area contributed by atoms with Gasteiger partial charge in [-0.05, 0) is 36.5 Å². The molecule has 4 amide bonds. The number of hydrogen-bond donors (Lipinski definition) is 1. The zero-order chi connectivity index (χ0) is 25.2. The Kier molecular flexibility index (Phi) is 5.45. The minimum atomic E-state index is -0.561. The first-order valence-electron chi connectivity index (χ1n) is 11.7. The molecule has 3 fully saturated rings. The maximum atomic E-state index is 13.1. The van der Waals surface area contributed by atoms with Crippen molar-refractivity contribution in [2.24, 2.45) is 35.5 Å². The van der Waals surface area contributed by atoms with E-state index in [9.17, 15) is 24.3 Å². The van der Waals surface area contributed by atoms with Crippen LogP contribution in [-0.4, -0.2) is 66.9 Å². The number of benzene rings is 1. The smallest absolute Gasteiger partial charge is 0.233 e. The van der Waals surface area contributed by atoms with Crippen LogP contribution in [0.25, 0.3) is 6.08 Å². The third kappa shape index (κ3) is 3.28. The van der Waals surface area contributed by atoms with Gasteiger partial charge in [-0.25, -0.2) is 0 Å². The van der Waals surface area contributed by atoms with E-state index >= 15 is 0 Å². The minimum absolute atomic E-state index is 0.113. The summed E-state index contributed by atoms with van der Waals surface area (Å²) in [6.07, 6.45) is 6.51. The molecular weight excluding hydrogens is 452 g/mol. The van der Waals surface area contributed by atoms with Crippen LogP contribution in [0.5, 0.6) is 17.2 Å². The lowest BCUT2D eigenvalue weighted by molar-refractivity contribution is -0.140. The molecule has 0 radical (unpaired) electrons. The molecule has 0 aromatic heterocycles. The first-order chi connectivity index (χ1) is 16.7. The molecule has 2 aliphatic heterocycles. The summed E-state index contributed by atoms with van der Waals surface area (Å²) in [6.45, 7) is 0. The van der Waals surface area contributed by atoms with Crippen molar-refractivity contribution in [2.45, 2.75) is 12.8 Å². The summed E-state index contributed by atoms with van der Waals surface area (Å²) in [5.74, 6) is -3.20. The van der Waals surface area contributed by atoms with Crippen LogP contribution in [0.15, 0.2) is 29.9 Å². The first-order valence-corrected chi connectivity index (χ1v) is 11.7. The molecule has 5 rings (SSSR count). The monoisotopic (exact) mass is 480 g/mol. The molecule has 184 valence electrons. The lowest BCUT2D eigenvalue weighted by Gasteiger charge is -2.42. The highest BCUT2D eigenvalue weighted by molar-refractivity contribution is 6.07. The van der Waals surface area contributed by atoms with Crippen LogP contribution >= 0.6 is 0 Å². The van der Waals surface area contributed by atoms with Gasteiger partial charge in [0.25, 0.3) is 0 Å². The fourth-order valence-corrected chi connectivity index (χ4v) is 6.39. The SMILES string of the molecule is COc1cc(C=CC2C3=CCC4C(=O)N(C)C(=O)C4C3CC3C(=O)N(C)C(=O)C23)cc(OC)c1O. The lowest BCUT2D eigenvalue weighted by Crippen LogP contribution is -2.43. The number of carbonyl (C=O) groups is 4. The zero-order valence-corrected chi connectivity index (χ0v) is 20.1. The zero-order valence-electron chi connectivity index (χ0n) is 20.1. The molecule has 1 aromatic rings. The molecule has 9 heteroatoms. The number of phenolic OH excluding ortho intramolecular Hbond substituents is 1. The number of nitrogens with zero attached hydrogens (tertiary/aromatic N) is 2. The van der Waals surface area contributed by atoms with Crippen molar-refractivity contribution in [3.63, 3.8) is 0 Å². The molecule has 0 bridgehead atoms. The van der Waals surface area contributed by atoms with Crippen LogP contribution in [0.2, 0.25) is 0 Å². The summed E-state index contributed by atoms with van der Waals surface area (Å²) >= 11 is 0. The van der Waals surface area contributed by atoms with E-state index in [1.165, 1.54) is 38.1 Å². The third-order valence-corrected chi connectivity index (χ3v) is 8.14. The highest BCUT2D eigenvalue weighted by Crippen LogP contribution is 2.55. The van der Waals surface area contributed by atoms with Crippen LogP contribution < -0.4 is 9.47 Å². The molecule has 2 aliphatic carbocycles. The molecular formula is C26H28N2O7. The maximum absolute atomic E-state index is 13.1. The van der Waals surface area contributed by atoms with Gasteiger partial charge in [-0.3, -0.25) is 29.0 Å². The topological polar surface area (TPSA) is 113 Å². The van der Waals surface area contributed by atoms with Crippen molar-refractivity contribution < 1.29 is 33.8 Å². The molecule has 6 atom stereocenters. The number of rotatable bonds is 4. The average molecular weight is 481 g/mol. The Morgan fingerprint density at radius 1 is 0.857 bits per heavy atom. The van der Waals surface area contributed by atoms with Crippen LogP contribution in [0, 0.1) is 35.5 Å². The van der Waals surface area contributed by atoms with Crippen molar-refractivity contribution in [1.29, 1.82) is 0 Å². The number of fused-ring (bicyclic) bond motifs is 4. The van der Waals surface area contributed by atoms with E-state index in [0.29, 0.717) is 18.4 Å². The summed E-state index contributed by atoms with van der Waals surface area (Å²) in [4.78, 5) is 54.2. The predicted molar refractivity (Wildman–Crippen MR) is 124 cm³/mol. The highest BCUT2D eigenvalue weighted by Gasteiger charge is 2.60. The predicted octanol–water partition coefficient (Wildman–Crippen LogP) is 1.85. The van der Waals surface area contributed by atoms with Gasteiger partial charge in [0, 0.05) is 20.0 Å². The Hall–Kier alpha value is -3.62.